The molecule has 0 radical (unpaired) electrons. The zero-order valence-corrected chi connectivity index (χ0v) is 14.1. The van der Waals surface area contributed by atoms with Crippen molar-refractivity contribution in [2.75, 3.05) is 23.4 Å². The van der Waals surface area contributed by atoms with E-state index in [1.165, 1.54) is 0 Å². The second-order valence-corrected chi connectivity index (χ2v) is 6.44. The van der Waals surface area contributed by atoms with Crippen LogP contribution in [-0.2, 0) is 11.2 Å². The molecule has 0 bridgehead atoms. The van der Waals surface area contributed by atoms with Crippen molar-refractivity contribution in [1.82, 2.24) is 5.32 Å². The van der Waals surface area contributed by atoms with Crippen LogP contribution in [0.4, 0.5) is 18.9 Å². The van der Waals surface area contributed by atoms with E-state index >= 15 is 0 Å². The Labute approximate surface area is 144 Å². The highest BCUT2D eigenvalue weighted by Crippen LogP contribution is 2.22. The maximum Gasteiger partial charge on any atom is 0.389 e. The number of alkyl halides is 3. The minimum absolute atomic E-state index is 0. The van der Waals surface area contributed by atoms with Crippen LogP contribution in [0.2, 0.25) is 0 Å². The van der Waals surface area contributed by atoms with Crippen molar-refractivity contribution in [2.45, 2.75) is 31.5 Å². The fraction of sp³-hybridized carbons (Fsp3) is 0.533. The van der Waals surface area contributed by atoms with Crippen molar-refractivity contribution in [2.24, 2.45) is 0 Å². The minimum atomic E-state index is -4.14. The number of anilines is 1. The van der Waals surface area contributed by atoms with Gasteiger partial charge in [0.2, 0.25) is 5.91 Å². The van der Waals surface area contributed by atoms with Gasteiger partial charge in [-0.1, -0.05) is 12.1 Å². The summed E-state index contributed by atoms with van der Waals surface area (Å²) in [7, 11) is 0. The fourth-order valence-electron chi connectivity index (χ4n) is 2.23. The van der Waals surface area contributed by atoms with E-state index in [1.54, 1.807) is 24.3 Å². The van der Waals surface area contributed by atoms with Crippen LogP contribution >= 0.6 is 24.2 Å². The first kappa shape index (κ1) is 20.1. The highest BCUT2D eigenvalue weighted by atomic mass is 35.5. The Balaban J connectivity index is 0.00000264. The lowest BCUT2D eigenvalue weighted by Crippen LogP contribution is -2.39. The summed E-state index contributed by atoms with van der Waals surface area (Å²) in [6, 6.07) is 6.72. The van der Waals surface area contributed by atoms with Gasteiger partial charge >= 0.3 is 6.18 Å². The van der Waals surface area contributed by atoms with Crippen LogP contribution in [0, 0.1) is 0 Å². The molecule has 3 nitrogen and oxygen atoms in total. The van der Waals surface area contributed by atoms with Crippen molar-refractivity contribution >= 4 is 35.8 Å². The average molecular weight is 369 g/mol. The van der Waals surface area contributed by atoms with E-state index in [9.17, 15) is 18.0 Å². The van der Waals surface area contributed by atoms with Crippen LogP contribution in [0.3, 0.4) is 0 Å². The lowest BCUT2D eigenvalue weighted by Gasteiger charge is -2.22. The number of carbonyl (C=O) groups is 1. The topological polar surface area (TPSA) is 41.1 Å². The monoisotopic (exact) mass is 368 g/mol. The van der Waals surface area contributed by atoms with Crippen molar-refractivity contribution in [3.63, 3.8) is 0 Å². The Kier molecular flexibility index (Phi) is 8.22. The van der Waals surface area contributed by atoms with Gasteiger partial charge in [0.25, 0.3) is 0 Å². The standard InChI is InChI=1S/C15H19F3N2OS.ClH/c16-15(17,18)6-5-11-1-3-12(4-2-11)20-14(21)9-13-10-22-8-7-19-13;/h1-4,13,19H,5-10H2,(H,20,21);1H. The van der Waals surface area contributed by atoms with Crippen molar-refractivity contribution < 1.29 is 18.0 Å². The molecule has 8 heteroatoms. The summed E-state index contributed by atoms with van der Waals surface area (Å²) < 4.78 is 36.5. The molecule has 23 heavy (non-hydrogen) atoms. The molecule has 1 unspecified atom stereocenters. The fourth-order valence-corrected chi connectivity index (χ4v) is 3.18. The second kappa shape index (κ2) is 9.39. The van der Waals surface area contributed by atoms with Crippen LogP contribution in [-0.4, -0.2) is 36.2 Å². The van der Waals surface area contributed by atoms with Gasteiger partial charge in [-0.15, -0.1) is 12.4 Å². The summed E-state index contributed by atoms with van der Waals surface area (Å²) in [5.74, 6) is 1.91. The van der Waals surface area contributed by atoms with Gasteiger partial charge in [-0.05, 0) is 24.1 Å². The molecule has 0 saturated carbocycles. The molecule has 1 saturated heterocycles. The number of benzene rings is 1. The van der Waals surface area contributed by atoms with Gasteiger partial charge in [-0.3, -0.25) is 4.79 Å². The number of hydrogen-bond acceptors (Lipinski definition) is 3. The van der Waals surface area contributed by atoms with Crippen molar-refractivity contribution in [3.8, 4) is 0 Å². The molecule has 1 atom stereocenters. The first-order chi connectivity index (χ1) is 10.4. The average Bonchev–Trinajstić information content (AvgIpc) is 2.47. The van der Waals surface area contributed by atoms with Gasteiger partial charge < -0.3 is 10.6 Å². The molecular formula is C15H20ClF3N2OS. The molecule has 0 spiro atoms. The summed E-state index contributed by atoms with van der Waals surface area (Å²) >= 11 is 1.83. The van der Waals surface area contributed by atoms with Crippen LogP contribution in [0.1, 0.15) is 18.4 Å². The Morgan fingerprint density at radius 1 is 1.30 bits per heavy atom. The molecule has 130 valence electrons. The number of carbonyl (C=O) groups excluding carboxylic acids is 1. The molecule has 0 aliphatic carbocycles. The summed E-state index contributed by atoms with van der Waals surface area (Å²) in [6.45, 7) is 0.913. The molecule has 1 aliphatic rings. The van der Waals surface area contributed by atoms with E-state index in [0.29, 0.717) is 17.7 Å². The van der Waals surface area contributed by atoms with Gasteiger partial charge in [0.1, 0.15) is 0 Å². The van der Waals surface area contributed by atoms with Crippen LogP contribution < -0.4 is 10.6 Å². The molecule has 1 amide bonds. The Bertz CT molecular complexity index is 490. The quantitative estimate of drug-likeness (QED) is 0.833. The number of halogens is 4. The Morgan fingerprint density at radius 2 is 2.00 bits per heavy atom. The van der Waals surface area contributed by atoms with Gasteiger partial charge in [0, 0.05) is 42.6 Å². The van der Waals surface area contributed by atoms with Crippen LogP contribution in [0.15, 0.2) is 24.3 Å². The van der Waals surface area contributed by atoms with E-state index in [0.717, 1.165) is 18.1 Å². The van der Waals surface area contributed by atoms with Gasteiger partial charge in [-0.25, -0.2) is 0 Å². The molecular weight excluding hydrogens is 349 g/mol. The minimum Gasteiger partial charge on any atom is -0.326 e. The van der Waals surface area contributed by atoms with E-state index in [4.69, 9.17) is 0 Å². The molecule has 1 aromatic carbocycles. The summed E-state index contributed by atoms with van der Waals surface area (Å²) in [4.78, 5) is 11.9. The third kappa shape index (κ3) is 7.94. The predicted molar refractivity (Wildman–Crippen MR) is 90.4 cm³/mol. The third-order valence-electron chi connectivity index (χ3n) is 3.37. The lowest BCUT2D eigenvalue weighted by atomic mass is 10.1. The summed E-state index contributed by atoms with van der Waals surface area (Å²) in [5.41, 5.74) is 1.23. The number of aryl methyl sites for hydroxylation is 1. The Hall–Kier alpha value is -0.920. The normalized spacial score (nSPS) is 18.1. The molecule has 1 fully saturated rings. The first-order valence-electron chi connectivity index (χ1n) is 7.19. The predicted octanol–water partition coefficient (Wildman–Crippen LogP) is 3.64. The molecule has 1 heterocycles. The number of hydrogen-bond donors (Lipinski definition) is 2. The smallest absolute Gasteiger partial charge is 0.326 e. The largest absolute Gasteiger partial charge is 0.389 e. The first-order valence-corrected chi connectivity index (χ1v) is 8.34. The number of rotatable bonds is 5. The lowest BCUT2D eigenvalue weighted by molar-refractivity contribution is -0.134. The molecule has 1 aliphatic heterocycles. The zero-order chi connectivity index (χ0) is 16.0. The Morgan fingerprint density at radius 3 is 2.57 bits per heavy atom. The van der Waals surface area contributed by atoms with Crippen LogP contribution in [0.5, 0.6) is 0 Å². The summed E-state index contributed by atoms with van der Waals surface area (Å²) in [5, 5.41) is 6.07. The van der Waals surface area contributed by atoms with E-state index in [-0.39, 0.29) is 30.8 Å². The molecule has 0 aromatic heterocycles. The van der Waals surface area contributed by atoms with E-state index < -0.39 is 12.6 Å². The summed E-state index contributed by atoms with van der Waals surface area (Å²) in [6.07, 6.45) is -4.61. The van der Waals surface area contributed by atoms with Gasteiger partial charge in [-0.2, -0.15) is 24.9 Å². The van der Waals surface area contributed by atoms with Crippen molar-refractivity contribution in [3.05, 3.63) is 29.8 Å². The number of nitrogens with one attached hydrogen (secondary N) is 2. The van der Waals surface area contributed by atoms with Crippen molar-refractivity contribution in [1.29, 1.82) is 0 Å². The second-order valence-electron chi connectivity index (χ2n) is 5.29. The van der Waals surface area contributed by atoms with Gasteiger partial charge in [0.15, 0.2) is 0 Å². The maximum absolute atomic E-state index is 12.2. The van der Waals surface area contributed by atoms with Crippen LogP contribution in [0.25, 0.3) is 0 Å². The number of amides is 1. The zero-order valence-electron chi connectivity index (χ0n) is 12.5. The molecule has 1 aromatic rings. The third-order valence-corrected chi connectivity index (χ3v) is 4.50. The highest BCUT2D eigenvalue weighted by molar-refractivity contribution is 7.99. The van der Waals surface area contributed by atoms with E-state index in [1.807, 2.05) is 11.8 Å². The number of thioether (sulfide) groups is 1. The highest BCUT2D eigenvalue weighted by Gasteiger charge is 2.26. The SMILES string of the molecule is Cl.O=C(CC1CSCCN1)Nc1ccc(CCC(F)(F)F)cc1. The van der Waals surface area contributed by atoms with Gasteiger partial charge in [0.05, 0.1) is 0 Å². The molecule has 2 rings (SSSR count). The molecule has 2 N–H and O–H groups in total. The maximum atomic E-state index is 12.2. The van der Waals surface area contributed by atoms with E-state index in [2.05, 4.69) is 10.6 Å².